The molecule has 2 aromatic carbocycles. The summed E-state index contributed by atoms with van der Waals surface area (Å²) in [6, 6.07) is 14.0. The van der Waals surface area contributed by atoms with Crippen molar-refractivity contribution in [1.82, 2.24) is 9.97 Å². The van der Waals surface area contributed by atoms with Crippen LogP contribution in [0.5, 0.6) is 0 Å². The summed E-state index contributed by atoms with van der Waals surface area (Å²) in [7, 11) is 0. The van der Waals surface area contributed by atoms with Crippen LogP contribution in [0.25, 0.3) is 33.5 Å². The van der Waals surface area contributed by atoms with Crippen molar-refractivity contribution in [2.45, 2.75) is 0 Å². The van der Waals surface area contributed by atoms with Crippen molar-refractivity contribution in [3.8, 4) is 11.6 Å². The first-order valence-corrected chi connectivity index (χ1v) is 6.95. The Bertz CT molecular complexity index is 1090. The standard InChI is InChI=1S/C17H11N3O3/c18-15(21)10-5-3-6-11-14(10)19-16(20-17(11)22)13-8-9-4-1-2-7-12(9)23-13/h1-8H,(H2,18,21)(H,19,20,22). The van der Waals surface area contributed by atoms with Crippen LogP contribution in [0, 0.1) is 0 Å². The molecule has 0 saturated carbocycles. The minimum absolute atomic E-state index is 0.200. The maximum Gasteiger partial charge on any atom is 0.259 e. The monoisotopic (exact) mass is 305 g/mol. The summed E-state index contributed by atoms with van der Waals surface area (Å²) in [6.07, 6.45) is 0. The summed E-state index contributed by atoms with van der Waals surface area (Å²) in [5.41, 5.74) is 6.16. The summed E-state index contributed by atoms with van der Waals surface area (Å²) in [5, 5.41) is 1.20. The second kappa shape index (κ2) is 4.81. The second-order valence-corrected chi connectivity index (χ2v) is 5.13. The third-order valence-corrected chi connectivity index (χ3v) is 3.66. The van der Waals surface area contributed by atoms with Crippen LogP contribution in [0.2, 0.25) is 0 Å². The third kappa shape index (κ3) is 2.08. The summed E-state index contributed by atoms with van der Waals surface area (Å²) in [6.45, 7) is 0. The lowest BCUT2D eigenvalue weighted by atomic mass is 10.1. The number of fused-ring (bicyclic) bond motifs is 2. The maximum absolute atomic E-state index is 12.3. The summed E-state index contributed by atoms with van der Waals surface area (Å²) in [5.74, 6) is 0.0427. The number of rotatable bonds is 2. The second-order valence-electron chi connectivity index (χ2n) is 5.13. The molecule has 0 spiro atoms. The Morgan fingerprint density at radius 3 is 2.74 bits per heavy atom. The first-order valence-electron chi connectivity index (χ1n) is 6.95. The number of hydrogen-bond donors (Lipinski definition) is 2. The Labute approximate surface area is 129 Å². The molecule has 2 heterocycles. The molecule has 0 bridgehead atoms. The molecule has 23 heavy (non-hydrogen) atoms. The Morgan fingerprint density at radius 1 is 1.13 bits per heavy atom. The fraction of sp³-hybridized carbons (Fsp3) is 0. The largest absolute Gasteiger partial charge is 0.453 e. The number of primary amides is 1. The molecule has 4 rings (SSSR count). The molecular formula is C17H11N3O3. The van der Waals surface area contributed by atoms with Gasteiger partial charge in [0.1, 0.15) is 5.58 Å². The van der Waals surface area contributed by atoms with Crippen LogP contribution < -0.4 is 11.3 Å². The van der Waals surface area contributed by atoms with E-state index in [-0.39, 0.29) is 22.5 Å². The molecular weight excluding hydrogens is 294 g/mol. The zero-order valence-corrected chi connectivity index (χ0v) is 11.9. The number of carbonyl (C=O) groups excluding carboxylic acids is 1. The van der Waals surface area contributed by atoms with Gasteiger partial charge in [0.05, 0.1) is 16.5 Å². The van der Waals surface area contributed by atoms with Crippen LogP contribution in [0.3, 0.4) is 0 Å². The maximum atomic E-state index is 12.3. The lowest BCUT2D eigenvalue weighted by molar-refractivity contribution is 0.100. The molecule has 1 amide bonds. The van der Waals surface area contributed by atoms with Gasteiger partial charge in [-0.05, 0) is 24.3 Å². The van der Waals surface area contributed by atoms with E-state index >= 15 is 0 Å². The lowest BCUT2D eigenvalue weighted by Crippen LogP contribution is -2.16. The zero-order chi connectivity index (χ0) is 16.0. The number of para-hydroxylation sites is 2. The smallest absolute Gasteiger partial charge is 0.259 e. The predicted molar refractivity (Wildman–Crippen MR) is 86.1 cm³/mol. The van der Waals surface area contributed by atoms with E-state index in [0.29, 0.717) is 16.7 Å². The highest BCUT2D eigenvalue weighted by atomic mass is 16.3. The number of nitrogens with zero attached hydrogens (tertiary/aromatic N) is 1. The molecule has 6 nitrogen and oxygen atoms in total. The average Bonchev–Trinajstić information content (AvgIpc) is 2.98. The van der Waals surface area contributed by atoms with E-state index in [2.05, 4.69) is 9.97 Å². The van der Waals surface area contributed by atoms with E-state index in [1.807, 2.05) is 24.3 Å². The molecule has 4 aromatic rings. The minimum Gasteiger partial charge on any atom is -0.453 e. The molecule has 3 N–H and O–H groups in total. The van der Waals surface area contributed by atoms with Gasteiger partial charge in [-0.2, -0.15) is 0 Å². The number of nitrogens with one attached hydrogen (secondary N) is 1. The number of nitrogens with two attached hydrogens (primary N) is 1. The van der Waals surface area contributed by atoms with Crippen molar-refractivity contribution in [3.63, 3.8) is 0 Å². The number of H-pyrrole nitrogens is 1. The molecule has 6 heteroatoms. The molecule has 0 aliphatic rings. The normalized spacial score (nSPS) is 11.1. The lowest BCUT2D eigenvalue weighted by Gasteiger charge is -2.03. The molecule has 0 radical (unpaired) electrons. The van der Waals surface area contributed by atoms with Gasteiger partial charge in [0.25, 0.3) is 11.5 Å². The predicted octanol–water partition coefficient (Wildman–Crippen LogP) is 2.44. The Morgan fingerprint density at radius 2 is 1.96 bits per heavy atom. The third-order valence-electron chi connectivity index (χ3n) is 3.66. The van der Waals surface area contributed by atoms with E-state index in [0.717, 1.165) is 5.39 Å². The van der Waals surface area contributed by atoms with E-state index < -0.39 is 5.91 Å². The molecule has 0 atom stereocenters. The molecule has 0 aliphatic heterocycles. The SMILES string of the molecule is NC(=O)c1cccc2c(=O)[nH]c(-c3cc4ccccc4o3)nc12. The van der Waals surface area contributed by atoms with Gasteiger partial charge in [-0.15, -0.1) is 0 Å². The van der Waals surface area contributed by atoms with Crippen LogP contribution in [0.1, 0.15) is 10.4 Å². The number of carbonyl (C=O) groups is 1. The summed E-state index contributed by atoms with van der Waals surface area (Å²) in [4.78, 5) is 30.9. The number of benzene rings is 2. The molecule has 2 aromatic heterocycles. The van der Waals surface area contributed by atoms with Gasteiger partial charge in [0.2, 0.25) is 0 Å². The van der Waals surface area contributed by atoms with Gasteiger partial charge in [0, 0.05) is 5.39 Å². The number of furan rings is 1. The first kappa shape index (κ1) is 13.3. The highest BCUT2D eigenvalue weighted by Crippen LogP contribution is 2.26. The highest BCUT2D eigenvalue weighted by molar-refractivity contribution is 6.04. The fourth-order valence-electron chi connectivity index (χ4n) is 2.58. The van der Waals surface area contributed by atoms with E-state index in [1.54, 1.807) is 24.3 Å². The van der Waals surface area contributed by atoms with E-state index in [1.165, 1.54) is 0 Å². The van der Waals surface area contributed by atoms with Gasteiger partial charge >= 0.3 is 0 Å². The van der Waals surface area contributed by atoms with Crippen molar-refractivity contribution in [2.24, 2.45) is 5.73 Å². The molecule has 0 saturated heterocycles. The van der Waals surface area contributed by atoms with Crippen molar-refractivity contribution >= 4 is 27.8 Å². The minimum atomic E-state index is -0.635. The summed E-state index contributed by atoms with van der Waals surface area (Å²) >= 11 is 0. The Hall–Kier alpha value is -3.41. The zero-order valence-electron chi connectivity index (χ0n) is 11.9. The van der Waals surface area contributed by atoms with E-state index in [4.69, 9.17) is 10.2 Å². The van der Waals surface area contributed by atoms with Gasteiger partial charge in [-0.25, -0.2) is 4.98 Å². The van der Waals surface area contributed by atoms with Gasteiger partial charge in [-0.3, -0.25) is 9.59 Å². The Kier molecular flexibility index (Phi) is 2.77. The van der Waals surface area contributed by atoms with Crippen LogP contribution in [0.15, 0.2) is 57.7 Å². The highest BCUT2D eigenvalue weighted by Gasteiger charge is 2.14. The molecule has 112 valence electrons. The van der Waals surface area contributed by atoms with Crippen LogP contribution >= 0.6 is 0 Å². The number of aromatic amines is 1. The molecule has 0 fully saturated rings. The van der Waals surface area contributed by atoms with Crippen LogP contribution in [0.4, 0.5) is 0 Å². The van der Waals surface area contributed by atoms with Crippen molar-refractivity contribution < 1.29 is 9.21 Å². The van der Waals surface area contributed by atoms with Crippen molar-refractivity contribution in [1.29, 1.82) is 0 Å². The number of aromatic nitrogens is 2. The number of hydrogen-bond acceptors (Lipinski definition) is 4. The van der Waals surface area contributed by atoms with Gasteiger partial charge < -0.3 is 15.1 Å². The van der Waals surface area contributed by atoms with Crippen molar-refractivity contribution in [2.75, 3.05) is 0 Å². The topological polar surface area (TPSA) is 102 Å². The van der Waals surface area contributed by atoms with Crippen LogP contribution in [-0.4, -0.2) is 15.9 Å². The van der Waals surface area contributed by atoms with Crippen molar-refractivity contribution in [3.05, 3.63) is 64.4 Å². The Balaban J connectivity index is 2.02. The fourth-order valence-corrected chi connectivity index (χ4v) is 2.58. The van der Waals surface area contributed by atoms with E-state index in [9.17, 15) is 9.59 Å². The van der Waals surface area contributed by atoms with Crippen LogP contribution in [-0.2, 0) is 0 Å². The number of amides is 1. The average molecular weight is 305 g/mol. The van der Waals surface area contributed by atoms with Gasteiger partial charge in [-0.1, -0.05) is 24.3 Å². The quantitative estimate of drug-likeness (QED) is 0.593. The molecule has 0 aliphatic carbocycles. The first-order chi connectivity index (χ1) is 11.1. The molecule has 0 unspecified atom stereocenters. The summed E-state index contributed by atoms with van der Waals surface area (Å²) < 4.78 is 5.71. The van der Waals surface area contributed by atoms with Gasteiger partial charge in [0.15, 0.2) is 11.6 Å².